The van der Waals surface area contributed by atoms with Gasteiger partial charge in [0.2, 0.25) is 5.91 Å². The lowest BCUT2D eigenvalue weighted by atomic mass is 10.0. The van der Waals surface area contributed by atoms with Crippen LogP contribution in [0.1, 0.15) is 251 Å². The summed E-state index contributed by atoms with van der Waals surface area (Å²) in [6.45, 7) is 4.67. The van der Waals surface area contributed by atoms with Crippen molar-refractivity contribution in [3.63, 3.8) is 0 Å². The number of hydrogen-bond acceptors (Lipinski definition) is 5. The molecule has 0 fully saturated rings. The van der Waals surface area contributed by atoms with Gasteiger partial charge in [-0.15, -0.1) is 0 Å². The number of hydrogen-bond donors (Lipinski definition) is 3. The van der Waals surface area contributed by atoms with Crippen molar-refractivity contribution in [2.45, 2.75) is 264 Å². The molecule has 9 heteroatoms. The van der Waals surface area contributed by atoms with Gasteiger partial charge in [0.25, 0.3) is 0 Å². The number of nitrogens with one attached hydrogen (secondary N) is 1. The van der Waals surface area contributed by atoms with E-state index in [9.17, 15) is 19.4 Å². The van der Waals surface area contributed by atoms with Crippen molar-refractivity contribution in [3.05, 3.63) is 122 Å². The van der Waals surface area contributed by atoms with Gasteiger partial charge in [0.1, 0.15) is 13.2 Å². The Hall–Kier alpha value is -3.10. The van der Waals surface area contributed by atoms with Gasteiger partial charge in [-0.3, -0.25) is 13.8 Å². The van der Waals surface area contributed by atoms with E-state index in [1.54, 1.807) is 6.08 Å². The molecule has 3 atom stereocenters. The van der Waals surface area contributed by atoms with E-state index in [1.165, 1.54) is 141 Å². The number of likely N-dealkylation sites (N-methyl/N-ethyl adjacent to an activating group) is 1. The summed E-state index contributed by atoms with van der Waals surface area (Å²) in [5, 5.41) is 13.9. The predicted octanol–water partition coefficient (Wildman–Crippen LogP) is 19.7. The lowest BCUT2D eigenvalue weighted by molar-refractivity contribution is -0.870. The molecular weight excluding hydrogens is 972 g/mol. The average molecular weight is 1090 g/mol. The minimum Gasteiger partial charge on any atom is -0.387 e. The second-order valence-corrected chi connectivity index (χ2v) is 23.5. The van der Waals surface area contributed by atoms with Gasteiger partial charge < -0.3 is 19.8 Å². The highest BCUT2D eigenvalue weighted by atomic mass is 31.2. The number of aliphatic hydroxyl groups is 1. The van der Waals surface area contributed by atoms with Crippen molar-refractivity contribution in [1.82, 2.24) is 5.32 Å². The number of aliphatic hydroxyl groups excluding tert-OH is 1. The fourth-order valence-corrected chi connectivity index (χ4v) is 9.26. The molecule has 0 aliphatic rings. The highest BCUT2D eigenvalue weighted by molar-refractivity contribution is 7.47. The van der Waals surface area contributed by atoms with E-state index in [2.05, 4.69) is 129 Å². The number of unbranched alkanes of at least 4 members (excludes halogenated alkanes) is 25. The number of rotatable bonds is 56. The third-order valence-electron chi connectivity index (χ3n) is 13.4. The zero-order chi connectivity index (χ0) is 56.3. The minimum absolute atomic E-state index is 0.0484. The van der Waals surface area contributed by atoms with E-state index in [0.717, 1.165) is 89.9 Å². The van der Waals surface area contributed by atoms with Crippen LogP contribution in [0.25, 0.3) is 0 Å². The van der Waals surface area contributed by atoms with E-state index in [1.807, 2.05) is 27.2 Å². The van der Waals surface area contributed by atoms with Crippen molar-refractivity contribution in [2.75, 3.05) is 40.9 Å². The summed E-state index contributed by atoms with van der Waals surface area (Å²) < 4.78 is 23.7. The summed E-state index contributed by atoms with van der Waals surface area (Å²) in [4.78, 5) is 23.3. The maximum absolute atomic E-state index is 13.0. The number of phosphoric acid groups is 1. The number of quaternary nitrogens is 1. The number of amides is 1. The Morgan fingerprint density at radius 1 is 0.455 bits per heavy atom. The number of carbonyl (C=O) groups excluding carboxylic acids is 1. The van der Waals surface area contributed by atoms with Crippen LogP contribution >= 0.6 is 7.82 Å². The van der Waals surface area contributed by atoms with E-state index >= 15 is 0 Å². The number of carbonyl (C=O) groups is 1. The minimum atomic E-state index is -4.37. The largest absolute Gasteiger partial charge is 0.472 e. The van der Waals surface area contributed by atoms with Crippen molar-refractivity contribution < 1.29 is 32.9 Å². The van der Waals surface area contributed by atoms with Gasteiger partial charge in [0.15, 0.2) is 0 Å². The van der Waals surface area contributed by atoms with E-state index < -0.39 is 20.0 Å². The highest BCUT2D eigenvalue weighted by Crippen LogP contribution is 2.43. The molecule has 0 aromatic heterocycles. The third kappa shape index (κ3) is 60.4. The SMILES string of the molecule is CC/C=C\C/C=C\C/C=C\C/C=C\C/C=C\C/C=C\C/C=C\CCCCCCCCCCCCCCCC(=O)NC(COP(=O)(O)OCC[N+](C)(C)C)C(O)/C=C/CC/C=C/CC/C=C/CCCCCCCCCCCC. The van der Waals surface area contributed by atoms with Crippen LogP contribution in [-0.4, -0.2) is 73.4 Å². The fraction of sp³-hybridized carbons (Fsp3) is 0.691. The van der Waals surface area contributed by atoms with Crippen LogP contribution in [-0.2, 0) is 18.4 Å². The molecule has 1 amide bonds. The van der Waals surface area contributed by atoms with Crippen molar-refractivity contribution in [3.8, 4) is 0 Å². The Morgan fingerprint density at radius 2 is 0.792 bits per heavy atom. The quantitative estimate of drug-likeness (QED) is 0.0243. The van der Waals surface area contributed by atoms with Crippen LogP contribution in [0.4, 0.5) is 0 Å². The molecule has 3 unspecified atom stereocenters. The second kappa shape index (κ2) is 57.6. The van der Waals surface area contributed by atoms with Crippen molar-refractivity contribution >= 4 is 13.7 Å². The first-order valence-electron chi connectivity index (χ1n) is 31.4. The molecule has 0 heterocycles. The molecule has 0 aliphatic carbocycles. The molecule has 0 radical (unpaired) electrons. The molecule has 0 spiro atoms. The molecule has 0 saturated carbocycles. The van der Waals surface area contributed by atoms with Gasteiger partial charge in [-0.2, -0.15) is 0 Å². The summed E-state index contributed by atoms with van der Waals surface area (Å²) in [6, 6.07) is -0.879. The van der Waals surface area contributed by atoms with Gasteiger partial charge in [-0.1, -0.05) is 264 Å². The van der Waals surface area contributed by atoms with Crippen molar-refractivity contribution in [2.24, 2.45) is 0 Å². The zero-order valence-electron chi connectivity index (χ0n) is 50.4. The van der Waals surface area contributed by atoms with Crippen LogP contribution in [0.2, 0.25) is 0 Å². The van der Waals surface area contributed by atoms with Gasteiger partial charge in [-0.05, 0) is 103 Å². The summed E-state index contributed by atoms with van der Waals surface area (Å²) in [7, 11) is 1.54. The summed E-state index contributed by atoms with van der Waals surface area (Å²) >= 11 is 0. The fourth-order valence-electron chi connectivity index (χ4n) is 8.53. The highest BCUT2D eigenvalue weighted by Gasteiger charge is 2.27. The first-order valence-corrected chi connectivity index (χ1v) is 32.9. The monoisotopic (exact) mass is 1090 g/mol. The van der Waals surface area contributed by atoms with Crippen LogP contribution in [0.15, 0.2) is 122 Å². The maximum atomic E-state index is 13.0. The number of phosphoric ester groups is 1. The average Bonchev–Trinajstić information content (AvgIpc) is 3.39. The summed E-state index contributed by atoms with van der Waals surface area (Å²) in [5.74, 6) is -0.196. The third-order valence-corrected chi connectivity index (χ3v) is 14.4. The summed E-state index contributed by atoms with van der Waals surface area (Å²) in [6.07, 6.45) is 86.0. The molecule has 3 N–H and O–H groups in total. The standard InChI is InChI=1S/C68H119N2O6P/c1-6-8-10-12-14-16-18-20-22-24-26-28-29-30-31-32-33-34-35-36-37-38-39-40-41-42-44-46-48-50-52-54-56-58-60-62-68(72)69-66(65-76-77(73,74)75-64-63-70(3,4)5)67(71)61-59-57-55-53-51-49-47-45-43-27-25-23-21-19-17-15-13-11-9-7-2/h8,10,14,16,20,22,26,28,30-31,33-34,36-37,43,45,51,53,59,61,66-67,71H,6-7,9,11-13,15,17-19,21,23-25,27,29,32,35,38-42,44,46-50,52,54-58,60,62-65H2,1-5H3,(H-,69,72,73,74)/p+1/b10-8-,16-14-,22-20-,28-26-,31-30-,34-33-,37-36-,45-43+,53-51+,61-59+. The first kappa shape index (κ1) is 73.9. The number of nitrogens with zero attached hydrogens (tertiary/aromatic N) is 1. The molecule has 442 valence electrons. The Kier molecular flexibility index (Phi) is 55.3. The Balaban J connectivity index is 4.18. The Labute approximate surface area is 475 Å². The Bertz CT molecular complexity index is 1670. The van der Waals surface area contributed by atoms with Crippen molar-refractivity contribution in [1.29, 1.82) is 0 Å². The van der Waals surface area contributed by atoms with E-state index in [-0.39, 0.29) is 19.1 Å². The van der Waals surface area contributed by atoms with E-state index in [0.29, 0.717) is 17.4 Å². The first-order chi connectivity index (χ1) is 37.5. The predicted molar refractivity (Wildman–Crippen MR) is 336 cm³/mol. The molecular formula is C68H120N2O6P+. The molecule has 0 aromatic rings. The zero-order valence-corrected chi connectivity index (χ0v) is 51.3. The Morgan fingerprint density at radius 3 is 1.19 bits per heavy atom. The molecule has 77 heavy (non-hydrogen) atoms. The molecule has 0 rings (SSSR count). The number of allylic oxidation sites excluding steroid dienone is 19. The molecule has 0 aliphatic heterocycles. The summed E-state index contributed by atoms with van der Waals surface area (Å²) in [5.41, 5.74) is 0. The maximum Gasteiger partial charge on any atom is 0.472 e. The van der Waals surface area contributed by atoms with Gasteiger partial charge >= 0.3 is 7.82 Å². The van der Waals surface area contributed by atoms with Crippen LogP contribution in [0, 0.1) is 0 Å². The topological polar surface area (TPSA) is 105 Å². The van der Waals surface area contributed by atoms with Crippen LogP contribution in [0.5, 0.6) is 0 Å². The van der Waals surface area contributed by atoms with Gasteiger partial charge in [0.05, 0.1) is 39.9 Å². The second-order valence-electron chi connectivity index (χ2n) is 22.0. The van der Waals surface area contributed by atoms with Crippen LogP contribution < -0.4 is 5.32 Å². The lowest BCUT2D eigenvalue weighted by Gasteiger charge is -2.25. The lowest BCUT2D eigenvalue weighted by Crippen LogP contribution is -2.45. The van der Waals surface area contributed by atoms with E-state index in [4.69, 9.17) is 9.05 Å². The van der Waals surface area contributed by atoms with Gasteiger partial charge in [0, 0.05) is 6.42 Å². The van der Waals surface area contributed by atoms with Crippen LogP contribution in [0.3, 0.4) is 0 Å². The molecule has 0 bridgehead atoms. The molecule has 0 saturated heterocycles. The molecule has 0 aromatic carbocycles. The van der Waals surface area contributed by atoms with Gasteiger partial charge in [-0.25, -0.2) is 4.57 Å². The molecule has 8 nitrogen and oxygen atoms in total. The normalized spacial score (nSPS) is 14.6. The smallest absolute Gasteiger partial charge is 0.387 e.